The number of benzene rings is 1. The predicted molar refractivity (Wildman–Crippen MR) is 118 cm³/mol. The second-order valence-electron chi connectivity index (χ2n) is 5.84. The number of nitrogens with zero attached hydrogens (tertiary/aromatic N) is 1. The van der Waals surface area contributed by atoms with Crippen molar-refractivity contribution >= 4 is 84.0 Å². The Morgan fingerprint density at radius 3 is 2.71 bits per heavy atom. The minimum absolute atomic E-state index is 0.0160. The van der Waals surface area contributed by atoms with E-state index in [1.165, 1.54) is 11.0 Å². The van der Waals surface area contributed by atoms with Gasteiger partial charge in [-0.3, -0.25) is 19.3 Å². The zero-order valence-corrected chi connectivity index (χ0v) is 19.4. The minimum atomic E-state index is -0.938. The predicted octanol–water partition coefficient (Wildman–Crippen LogP) is 3.49. The van der Waals surface area contributed by atoms with Crippen molar-refractivity contribution in [3.63, 3.8) is 0 Å². The molecule has 3 N–H and O–H groups in total. The number of carbonyl (C=O) groups excluding carboxylic acids is 2. The number of carboxylic acid groups (broad SMARTS) is 1. The molecule has 1 aliphatic heterocycles. The zero-order chi connectivity index (χ0) is 21.0. The van der Waals surface area contributed by atoms with Gasteiger partial charge in [0.1, 0.15) is 16.1 Å². The highest BCUT2D eigenvalue weighted by molar-refractivity contribution is 9.11. The van der Waals surface area contributed by atoms with Crippen molar-refractivity contribution in [2.45, 2.75) is 25.8 Å². The van der Waals surface area contributed by atoms with Crippen molar-refractivity contribution in [3.8, 4) is 5.75 Å². The Hall–Kier alpha value is -1.43. The van der Waals surface area contributed by atoms with Crippen LogP contribution in [0.5, 0.6) is 5.75 Å². The molecule has 0 aliphatic carbocycles. The number of rotatable bonds is 7. The van der Waals surface area contributed by atoms with Crippen LogP contribution in [0.4, 0.5) is 0 Å². The molecule has 1 aromatic rings. The van der Waals surface area contributed by atoms with Gasteiger partial charge in [0.05, 0.1) is 9.38 Å². The number of phenolic OH excluding ortho intramolecular Hbond substituents is 1. The van der Waals surface area contributed by atoms with Gasteiger partial charge < -0.3 is 15.5 Å². The fourth-order valence-electron chi connectivity index (χ4n) is 2.37. The summed E-state index contributed by atoms with van der Waals surface area (Å²) in [6, 6.07) is 2.49. The number of halogens is 2. The average Bonchev–Trinajstić information content (AvgIpc) is 2.88. The van der Waals surface area contributed by atoms with Gasteiger partial charge in [-0.15, -0.1) is 0 Å². The summed E-state index contributed by atoms with van der Waals surface area (Å²) < 4.78 is 1.42. The third-order valence-electron chi connectivity index (χ3n) is 3.80. The number of aliphatic carboxylic acids is 1. The van der Waals surface area contributed by atoms with Crippen LogP contribution in [-0.2, 0) is 14.4 Å². The van der Waals surface area contributed by atoms with Crippen LogP contribution in [0.2, 0.25) is 0 Å². The normalized spacial score (nSPS) is 16.5. The highest BCUT2D eigenvalue weighted by atomic mass is 79.9. The molecule has 0 aromatic heterocycles. The minimum Gasteiger partial charge on any atom is -0.506 e. The first-order chi connectivity index (χ1) is 13.1. The van der Waals surface area contributed by atoms with Crippen LogP contribution in [0.25, 0.3) is 6.08 Å². The molecule has 11 heteroatoms. The number of hydrogen-bond acceptors (Lipinski definition) is 6. The lowest BCUT2D eigenvalue weighted by molar-refractivity contribution is -0.137. The molecule has 150 valence electrons. The number of carbonyl (C=O) groups is 3. The molecule has 1 unspecified atom stereocenters. The highest BCUT2D eigenvalue weighted by Crippen LogP contribution is 2.38. The molecule has 2 rings (SSSR count). The second kappa shape index (κ2) is 9.86. The molecule has 1 saturated heterocycles. The van der Waals surface area contributed by atoms with Crippen LogP contribution < -0.4 is 5.32 Å². The van der Waals surface area contributed by atoms with Gasteiger partial charge >= 0.3 is 5.97 Å². The Balaban J connectivity index is 2.12. The molecule has 7 nitrogen and oxygen atoms in total. The van der Waals surface area contributed by atoms with Gasteiger partial charge in [-0.25, -0.2) is 0 Å². The first kappa shape index (κ1) is 22.9. The SMILES string of the molecule is CC(C(=O)NCCCC(=O)O)N1C(=O)/C(=C/c2cc(Br)cc(Br)c2O)SC1=S. The van der Waals surface area contributed by atoms with E-state index in [1.54, 1.807) is 19.1 Å². The molecule has 1 aliphatic rings. The van der Waals surface area contributed by atoms with Gasteiger partial charge in [0.15, 0.2) is 0 Å². The zero-order valence-electron chi connectivity index (χ0n) is 14.6. The van der Waals surface area contributed by atoms with Gasteiger partial charge in [0.25, 0.3) is 5.91 Å². The lowest BCUT2D eigenvalue weighted by atomic mass is 10.1. The number of hydrogen-bond donors (Lipinski definition) is 3. The van der Waals surface area contributed by atoms with Gasteiger partial charge in [-0.05, 0) is 47.5 Å². The van der Waals surface area contributed by atoms with Crippen LogP contribution in [0.15, 0.2) is 26.0 Å². The van der Waals surface area contributed by atoms with E-state index in [1.807, 2.05) is 0 Å². The maximum absolute atomic E-state index is 12.8. The summed E-state index contributed by atoms with van der Waals surface area (Å²) >= 11 is 12.9. The Bertz CT molecular complexity index is 875. The number of carboxylic acids is 1. The number of aromatic hydroxyl groups is 1. The Labute approximate surface area is 187 Å². The molecular weight excluding hydrogens is 536 g/mol. The number of nitrogens with one attached hydrogen (secondary N) is 1. The summed E-state index contributed by atoms with van der Waals surface area (Å²) in [6.45, 7) is 1.74. The third-order valence-corrected chi connectivity index (χ3v) is 6.19. The molecule has 0 radical (unpaired) electrons. The molecule has 0 spiro atoms. The van der Waals surface area contributed by atoms with Crippen LogP contribution in [0.3, 0.4) is 0 Å². The molecular formula is C17H16Br2N2O5S2. The van der Waals surface area contributed by atoms with E-state index in [4.69, 9.17) is 17.3 Å². The largest absolute Gasteiger partial charge is 0.506 e. The summed E-state index contributed by atoms with van der Waals surface area (Å²) in [6.07, 6.45) is 1.76. The fraction of sp³-hybridized carbons (Fsp3) is 0.294. The van der Waals surface area contributed by atoms with Crippen molar-refractivity contribution in [2.75, 3.05) is 6.54 Å². The van der Waals surface area contributed by atoms with E-state index < -0.39 is 23.8 Å². The summed E-state index contributed by atoms with van der Waals surface area (Å²) in [5.41, 5.74) is 0.424. The lowest BCUT2D eigenvalue weighted by Crippen LogP contribution is -2.47. The van der Waals surface area contributed by atoms with Crippen LogP contribution in [0.1, 0.15) is 25.3 Å². The first-order valence-corrected chi connectivity index (χ1v) is 10.9. The molecule has 2 amide bonds. The third kappa shape index (κ3) is 5.56. The molecule has 1 heterocycles. The fourth-order valence-corrected chi connectivity index (χ4v) is 5.03. The number of thiocarbonyl (C=S) groups is 1. The molecule has 1 atom stereocenters. The summed E-state index contributed by atoms with van der Waals surface area (Å²) in [4.78, 5) is 37.0. The van der Waals surface area contributed by atoms with Crippen molar-refractivity contribution in [1.82, 2.24) is 10.2 Å². The quantitative estimate of drug-likeness (QED) is 0.270. The van der Waals surface area contributed by atoms with E-state index >= 15 is 0 Å². The molecule has 0 bridgehead atoms. The highest BCUT2D eigenvalue weighted by Gasteiger charge is 2.38. The van der Waals surface area contributed by atoms with Gasteiger partial charge in [0, 0.05) is 23.0 Å². The maximum Gasteiger partial charge on any atom is 0.303 e. The Morgan fingerprint density at radius 2 is 2.07 bits per heavy atom. The van der Waals surface area contributed by atoms with Crippen LogP contribution in [0, 0.1) is 0 Å². The standard InChI is InChI=1S/C17H16Br2N2O5S2/c1-8(15(25)20-4-2-3-13(22)23)21-16(26)12(28-17(21)27)6-9-5-10(18)7-11(19)14(9)24/h5-8,24H,2-4H2,1H3,(H,20,25)(H,22,23)/b12-6-. The van der Waals surface area contributed by atoms with E-state index in [2.05, 4.69) is 37.2 Å². The van der Waals surface area contributed by atoms with Crippen LogP contribution >= 0.6 is 55.8 Å². The maximum atomic E-state index is 12.8. The van der Waals surface area contributed by atoms with Gasteiger partial charge in [-0.2, -0.15) is 0 Å². The molecule has 0 saturated carbocycles. The Morgan fingerprint density at radius 1 is 1.39 bits per heavy atom. The summed E-state index contributed by atoms with van der Waals surface area (Å²) in [5, 5.41) is 21.4. The average molecular weight is 552 g/mol. The second-order valence-corrected chi connectivity index (χ2v) is 9.29. The molecule has 28 heavy (non-hydrogen) atoms. The summed E-state index contributed by atoms with van der Waals surface area (Å²) in [7, 11) is 0. The smallest absolute Gasteiger partial charge is 0.303 e. The van der Waals surface area contributed by atoms with Crippen molar-refractivity contribution in [2.24, 2.45) is 0 Å². The number of phenols is 1. The monoisotopic (exact) mass is 550 g/mol. The van der Waals surface area contributed by atoms with Crippen molar-refractivity contribution < 1.29 is 24.6 Å². The summed E-state index contributed by atoms with van der Waals surface area (Å²) in [5.74, 6) is -1.81. The van der Waals surface area contributed by atoms with E-state index in [0.29, 0.717) is 20.9 Å². The van der Waals surface area contributed by atoms with Gasteiger partial charge in [-0.1, -0.05) is 39.9 Å². The van der Waals surface area contributed by atoms with Crippen LogP contribution in [-0.4, -0.2) is 49.8 Å². The lowest BCUT2D eigenvalue weighted by Gasteiger charge is -2.22. The van der Waals surface area contributed by atoms with Crippen molar-refractivity contribution in [3.05, 3.63) is 31.5 Å². The van der Waals surface area contributed by atoms with E-state index in [9.17, 15) is 19.5 Å². The van der Waals surface area contributed by atoms with Crippen molar-refractivity contribution in [1.29, 1.82) is 0 Å². The van der Waals surface area contributed by atoms with E-state index in [-0.39, 0.29) is 27.9 Å². The number of amides is 2. The van der Waals surface area contributed by atoms with E-state index in [0.717, 1.165) is 11.8 Å². The molecule has 1 fully saturated rings. The van der Waals surface area contributed by atoms with Gasteiger partial charge in [0.2, 0.25) is 5.91 Å². The molecule has 1 aromatic carbocycles. The first-order valence-electron chi connectivity index (χ1n) is 8.06. The Kier molecular flexibility index (Phi) is 8.05. The topological polar surface area (TPSA) is 107 Å². The number of thioether (sulfide) groups is 1.